The Morgan fingerprint density at radius 1 is 1.46 bits per heavy atom. The van der Waals surface area contributed by atoms with Gasteiger partial charge in [0.2, 0.25) is 0 Å². The molecule has 1 rings (SSSR count). The largest absolute Gasteiger partial charge is 0.207 e. The van der Waals surface area contributed by atoms with Gasteiger partial charge >= 0.3 is 0 Å². The topological polar surface area (TPSA) is 23.8 Å². The lowest BCUT2D eigenvalue weighted by molar-refractivity contribution is 0.626. The number of alkyl halides is 2. The first-order valence-electron chi connectivity index (χ1n) is 3.23. The molecule has 0 bridgehead atoms. The van der Waals surface area contributed by atoms with E-state index in [4.69, 9.17) is 16.9 Å². The van der Waals surface area contributed by atoms with E-state index in [1.807, 2.05) is 6.07 Å². The van der Waals surface area contributed by atoms with Gasteiger partial charge in [-0.3, -0.25) is 0 Å². The summed E-state index contributed by atoms with van der Waals surface area (Å²) in [6.45, 7) is 0. The van der Waals surface area contributed by atoms with Crippen LogP contribution in [-0.4, -0.2) is 0 Å². The van der Waals surface area contributed by atoms with Crippen LogP contribution < -0.4 is 0 Å². The summed E-state index contributed by atoms with van der Waals surface area (Å²) in [4.78, 5) is 0. The third-order valence-corrected chi connectivity index (χ3v) is 2.72. The molecule has 1 nitrogen and oxygen atoms in total. The number of nitriles is 1. The molecule has 0 aliphatic rings. The zero-order valence-electron chi connectivity index (χ0n) is 6.19. The van der Waals surface area contributed by atoms with E-state index >= 15 is 0 Å². The monoisotopic (exact) mass is 325 g/mol. The minimum Gasteiger partial charge on any atom is -0.207 e. The van der Waals surface area contributed by atoms with Crippen LogP contribution in [0.5, 0.6) is 0 Å². The molecule has 0 aromatic heterocycles. The summed E-state index contributed by atoms with van der Waals surface area (Å²) < 4.78 is 12.6. The first kappa shape index (κ1) is 11.0. The van der Waals surface area contributed by atoms with Gasteiger partial charge in [-0.2, -0.15) is 5.26 Å². The van der Waals surface area contributed by atoms with Gasteiger partial charge < -0.3 is 0 Å². The number of hydrogen-bond donors (Lipinski definition) is 0. The van der Waals surface area contributed by atoms with Gasteiger partial charge in [0, 0.05) is 0 Å². The van der Waals surface area contributed by atoms with Crippen LogP contribution in [0.2, 0.25) is 5.02 Å². The molecule has 1 aromatic rings. The molecule has 0 aliphatic carbocycles. The van der Waals surface area contributed by atoms with Crippen LogP contribution in [0.1, 0.15) is 14.9 Å². The van der Waals surface area contributed by atoms with E-state index in [0.717, 1.165) is 6.07 Å². The summed E-state index contributed by atoms with van der Waals surface area (Å²) in [6.07, 6.45) is 0. The van der Waals surface area contributed by atoms with Crippen molar-refractivity contribution in [3.8, 4) is 6.07 Å². The van der Waals surface area contributed by atoms with E-state index in [-0.39, 0.29) is 14.3 Å². The Labute approximate surface area is 96.8 Å². The predicted octanol–water partition coefficient (Wildman–Crippen LogP) is 4.14. The van der Waals surface area contributed by atoms with Crippen LogP contribution in [0.4, 0.5) is 4.39 Å². The molecule has 0 fully saturated rings. The maximum atomic E-state index is 12.9. The second-order valence-electron chi connectivity index (χ2n) is 2.26. The predicted molar refractivity (Wildman–Crippen MR) is 56.7 cm³/mol. The number of hydrogen-bond acceptors (Lipinski definition) is 1. The molecule has 5 heteroatoms. The van der Waals surface area contributed by atoms with Gasteiger partial charge in [0.15, 0.2) is 0 Å². The molecule has 0 N–H and O–H groups in total. The first-order chi connectivity index (χ1) is 6.06. The molecule has 0 aliphatic heterocycles. The highest BCUT2D eigenvalue weighted by Gasteiger charge is 2.13. The van der Waals surface area contributed by atoms with E-state index < -0.39 is 5.82 Å². The van der Waals surface area contributed by atoms with Gasteiger partial charge in [-0.15, -0.1) is 0 Å². The van der Waals surface area contributed by atoms with Crippen molar-refractivity contribution in [2.24, 2.45) is 0 Å². The van der Waals surface area contributed by atoms with E-state index in [0.29, 0.717) is 5.56 Å². The lowest BCUT2D eigenvalue weighted by Gasteiger charge is -2.06. The average Bonchev–Trinajstić information content (AvgIpc) is 2.02. The van der Waals surface area contributed by atoms with Crippen LogP contribution in [0.3, 0.4) is 0 Å². The lowest BCUT2D eigenvalue weighted by atomic mass is 10.1. The fraction of sp³-hybridized carbons (Fsp3) is 0.125. The fourth-order valence-corrected chi connectivity index (χ4v) is 1.86. The summed E-state index contributed by atoms with van der Waals surface area (Å²) in [5.74, 6) is -0.456. The van der Waals surface area contributed by atoms with Crippen molar-refractivity contribution < 1.29 is 4.39 Å². The normalized spacial score (nSPS) is 10.2. The molecule has 0 saturated heterocycles. The fourth-order valence-electron chi connectivity index (χ4n) is 0.884. The molecule has 1 aromatic carbocycles. The van der Waals surface area contributed by atoms with Crippen molar-refractivity contribution in [1.82, 2.24) is 0 Å². The molecular formula is C8H3Br2ClFN. The van der Waals surface area contributed by atoms with Gasteiger partial charge in [0.1, 0.15) is 11.9 Å². The quantitative estimate of drug-likeness (QED) is 0.711. The highest BCUT2D eigenvalue weighted by Crippen LogP contribution is 2.34. The van der Waals surface area contributed by atoms with Gasteiger partial charge in [-0.05, 0) is 17.7 Å². The molecule has 0 spiro atoms. The van der Waals surface area contributed by atoms with Crippen LogP contribution in [0.25, 0.3) is 0 Å². The Balaban J connectivity index is 3.41. The maximum Gasteiger partial charge on any atom is 0.125 e. The van der Waals surface area contributed by atoms with Crippen molar-refractivity contribution in [3.63, 3.8) is 0 Å². The van der Waals surface area contributed by atoms with Gasteiger partial charge in [0.25, 0.3) is 0 Å². The van der Waals surface area contributed by atoms with Gasteiger partial charge in [-0.1, -0.05) is 43.5 Å². The Bertz CT molecular complexity index is 373. The zero-order valence-corrected chi connectivity index (χ0v) is 10.1. The van der Waals surface area contributed by atoms with Crippen molar-refractivity contribution >= 4 is 43.5 Å². The summed E-state index contributed by atoms with van der Waals surface area (Å²) >= 11 is 12.0. The van der Waals surface area contributed by atoms with Crippen molar-refractivity contribution in [3.05, 3.63) is 34.1 Å². The highest BCUT2D eigenvalue weighted by atomic mass is 79.9. The number of halogens is 4. The minimum atomic E-state index is -0.456. The Morgan fingerprint density at radius 2 is 2.08 bits per heavy atom. The smallest absolute Gasteiger partial charge is 0.125 e. The first-order valence-corrected chi connectivity index (χ1v) is 5.44. The van der Waals surface area contributed by atoms with E-state index in [1.54, 1.807) is 0 Å². The summed E-state index contributed by atoms with van der Waals surface area (Å²) in [5, 5.41) is 8.87. The second-order valence-corrected chi connectivity index (χ2v) is 5.73. The second kappa shape index (κ2) is 4.41. The number of rotatable bonds is 1. The molecule has 0 atom stereocenters. The van der Waals surface area contributed by atoms with Crippen LogP contribution in [0, 0.1) is 17.1 Å². The van der Waals surface area contributed by atoms with E-state index in [9.17, 15) is 4.39 Å². The molecule has 0 heterocycles. The molecular weight excluding hydrogens is 324 g/mol. The van der Waals surface area contributed by atoms with Crippen LogP contribution in [0.15, 0.2) is 12.1 Å². The van der Waals surface area contributed by atoms with Crippen molar-refractivity contribution in [2.75, 3.05) is 0 Å². The zero-order chi connectivity index (χ0) is 10.0. The molecule has 0 amide bonds. The SMILES string of the molecule is N#Cc1c(Cl)cc(F)cc1C(Br)Br. The van der Waals surface area contributed by atoms with E-state index in [1.165, 1.54) is 6.07 Å². The number of benzene rings is 1. The van der Waals surface area contributed by atoms with Crippen molar-refractivity contribution in [2.45, 2.75) is 3.74 Å². The average molecular weight is 327 g/mol. The lowest BCUT2D eigenvalue weighted by Crippen LogP contribution is -1.91. The van der Waals surface area contributed by atoms with E-state index in [2.05, 4.69) is 31.9 Å². The summed E-state index contributed by atoms with van der Waals surface area (Å²) in [7, 11) is 0. The van der Waals surface area contributed by atoms with Crippen molar-refractivity contribution in [1.29, 1.82) is 5.26 Å². The van der Waals surface area contributed by atoms with Crippen LogP contribution >= 0.6 is 43.5 Å². The Morgan fingerprint density at radius 3 is 2.54 bits per heavy atom. The molecule has 0 unspecified atom stereocenters. The van der Waals surface area contributed by atoms with Gasteiger partial charge in [0.05, 0.1) is 14.3 Å². The molecule has 0 saturated carbocycles. The highest BCUT2D eigenvalue weighted by molar-refractivity contribution is 9.24. The molecule has 0 radical (unpaired) electrons. The standard InChI is InChI=1S/C8H3Br2ClFN/c9-8(10)5-1-4(12)2-7(11)6(5)3-13/h1-2,8H. The van der Waals surface area contributed by atoms with Gasteiger partial charge in [-0.25, -0.2) is 4.39 Å². The summed E-state index contributed by atoms with van der Waals surface area (Å²) in [5.41, 5.74) is 0.773. The number of nitrogens with zero attached hydrogens (tertiary/aromatic N) is 1. The van der Waals surface area contributed by atoms with Crippen LogP contribution in [-0.2, 0) is 0 Å². The Kier molecular flexibility index (Phi) is 3.72. The maximum absolute atomic E-state index is 12.9. The molecule has 68 valence electrons. The third-order valence-electron chi connectivity index (χ3n) is 1.43. The third kappa shape index (κ3) is 2.43. The minimum absolute atomic E-state index is 0.126. The molecule has 13 heavy (non-hydrogen) atoms. The summed E-state index contributed by atoms with van der Waals surface area (Å²) in [6, 6.07) is 4.29. The Hall–Kier alpha value is -0.110.